The molecule has 2 aliphatic heterocycles. The molecule has 0 aliphatic carbocycles. The molecule has 0 aromatic rings. The summed E-state index contributed by atoms with van der Waals surface area (Å²) in [6.07, 6.45) is 3.00. The molecule has 2 fully saturated rings. The average Bonchev–Trinajstić information content (AvgIpc) is 2.25. The van der Waals surface area contributed by atoms with Crippen LogP contribution in [0.5, 0.6) is 0 Å². The first-order valence-corrected chi connectivity index (χ1v) is 6.27. The lowest BCUT2D eigenvalue weighted by atomic mass is 9.99. The molecule has 94 valence electrons. The molecule has 16 heavy (non-hydrogen) atoms. The lowest BCUT2D eigenvalue weighted by Crippen LogP contribution is -2.49. The molecule has 0 amide bonds. The van der Waals surface area contributed by atoms with Crippen LogP contribution in [0.25, 0.3) is 0 Å². The summed E-state index contributed by atoms with van der Waals surface area (Å²) >= 11 is 0. The van der Waals surface area contributed by atoms with Crippen LogP contribution < -0.4 is 0 Å². The normalized spacial score (nSPS) is 45.6. The van der Waals surface area contributed by atoms with Gasteiger partial charge in [-0.05, 0) is 33.1 Å². The van der Waals surface area contributed by atoms with E-state index in [1.54, 1.807) is 0 Å². The predicted molar refractivity (Wildman–Crippen MR) is 59.1 cm³/mol. The van der Waals surface area contributed by atoms with Gasteiger partial charge in [0.1, 0.15) is 6.10 Å². The highest BCUT2D eigenvalue weighted by Crippen LogP contribution is 2.25. The van der Waals surface area contributed by atoms with Crippen LogP contribution in [0.15, 0.2) is 0 Å². The van der Waals surface area contributed by atoms with Gasteiger partial charge in [0.15, 0.2) is 6.29 Å². The third-order valence-electron chi connectivity index (χ3n) is 3.31. The monoisotopic (exact) mass is 230 g/mol. The SMILES string of the molecule is CC1O[C@@H](C)C[C@@H](O)[C@H]1O[C@H]1CCCCO1. The number of hydrogen-bond acceptors (Lipinski definition) is 4. The third kappa shape index (κ3) is 2.94. The average molecular weight is 230 g/mol. The predicted octanol–water partition coefficient (Wildman–Crippen LogP) is 1.46. The van der Waals surface area contributed by atoms with Gasteiger partial charge in [-0.1, -0.05) is 0 Å². The molecule has 0 saturated carbocycles. The molecule has 0 aromatic carbocycles. The van der Waals surface area contributed by atoms with Gasteiger partial charge in [-0.15, -0.1) is 0 Å². The van der Waals surface area contributed by atoms with E-state index in [2.05, 4.69) is 0 Å². The Morgan fingerprint density at radius 2 is 2.06 bits per heavy atom. The number of aliphatic hydroxyl groups is 1. The zero-order valence-electron chi connectivity index (χ0n) is 10.1. The number of ether oxygens (including phenoxy) is 3. The second-order valence-electron chi connectivity index (χ2n) is 4.85. The second kappa shape index (κ2) is 5.45. The molecular formula is C12H22O4. The highest BCUT2D eigenvalue weighted by Gasteiger charge is 2.36. The van der Waals surface area contributed by atoms with Gasteiger partial charge in [-0.3, -0.25) is 0 Å². The first-order chi connectivity index (χ1) is 7.66. The van der Waals surface area contributed by atoms with Crippen LogP contribution in [0.4, 0.5) is 0 Å². The Balaban J connectivity index is 1.86. The van der Waals surface area contributed by atoms with Crippen LogP contribution >= 0.6 is 0 Å². The van der Waals surface area contributed by atoms with E-state index in [0.717, 1.165) is 25.9 Å². The van der Waals surface area contributed by atoms with Crippen molar-refractivity contribution < 1.29 is 19.3 Å². The second-order valence-corrected chi connectivity index (χ2v) is 4.85. The fourth-order valence-electron chi connectivity index (χ4n) is 2.48. The Bertz CT molecular complexity index is 203. The van der Waals surface area contributed by atoms with Crippen molar-refractivity contribution in [1.29, 1.82) is 0 Å². The van der Waals surface area contributed by atoms with Crippen LogP contribution in [0.1, 0.15) is 39.5 Å². The zero-order valence-corrected chi connectivity index (χ0v) is 10.1. The summed E-state index contributed by atoms with van der Waals surface area (Å²) < 4.78 is 17.0. The van der Waals surface area contributed by atoms with E-state index >= 15 is 0 Å². The fourth-order valence-corrected chi connectivity index (χ4v) is 2.48. The molecule has 2 aliphatic rings. The molecule has 2 saturated heterocycles. The van der Waals surface area contributed by atoms with Crippen molar-refractivity contribution in [3.05, 3.63) is 0 Å². The molecule has 1 N–H and O–H groups in total. The molecule has 0 radical (unpaired) electrons. The van der Waals surface area contributed by atoms with Gasteiger partial charge < -0.3 is 19.3 Å². The lowest BCUT2D eigenvalue weighted by molar-refractivity contribution is -0.254. The number of rotatable bonds is 2. The standard InChI is InChI=1S/C12H22O4/c1-8-7-10(13)12(9(2)15-8)16-11-5-3-4-6-14-11/h8-13H,3-7H2,1-2H3/t8-,9?,10+,11-,12-/m0/s1. The molecule has 2 heterocycles. The van der Waals surface area contributed by atoms with E-state index in [1.807, 2.05) is 13.8 Å². The zero-order chi connectivity index (χ0) is 11.5. The molecule has 4 nitrogen and oxygen atoms in total. The van der Waals surface area contributed by atoms with Gasteiger partial charge in [0, 0.05) is 13.0 Å². The van der Waals surface area contributed by atoms with Crippen molar-refractivity contribution in [2.75, 3.05) is 6.61 Å². The Hall–Kier alpha value is -0.160. The molecule has 0 spiro atoms. The van der Waals surface area contributed by atoms with E-state index in [0.29, 0.717) is 6.42 Å². The van der Waals surface area contributed by atoms with E-state index < -0.39 is 6.10 Å². The van der Waals surface area contributed by atoms with Crippen molar-refractivity contribution in [1.82, 2.24) is 0 Å². The maximum absolute atomic E-state index is 9.98. The summed E-state index contributed by atoms with van der Waals surface area (Å²) in [5.74, 6) is 0. The summed E-state index contributed by atoms with van der Waals surface area (Å²) in [7, 11) is 0. The summed E-state index contributed by atoms with van der Waals surface area (Å²) in [5, 5.41) is 9.98. The van der Waals surface area contributed by atoms with Gasteiger partial charge in [-0.25, -0.2) is 0 Å². The lowest BCUT2D eigenvalue weighted by Gasteiger charge is -2.39. The molecule has 2 rings (SSSR count). The maximum Gasteiger partial charge on any atom is 0.158 e. The summed E-state index contributed by atoms with van der Waals surface area (Å²) in [6.45, 7) is 4.69. The van der Waals surface area contributed by atoms with E-state index in [1.165, 1.54) is 0 Å². The van der Waals surface area contributed by atoms with Gasteiger partial charge >= 0.3 is 0 Å². The smallest absolute Gasteiger partial charge is 0.158 e. The van der Waals surface area contributed by atoms with Crippen LogP contribution in [-0.2, 0) is 14.2 Å². The van der Waals surface area contributed by atoms with Gasteiger partial charge in [0.05, 0.1) is 18.3 Å². The van der Waals surface area contributed by atoms with Crippen molar-refractivity contribution in [3.63, 3.8) is 0 Å². The minimum atomic E-state index is -0.440. The van der Waals surface area contributed by atoms with Gasteiger partial charge in [0.25, 0.3) is 0 Å². The van der Waals surface area contributed by atoms with Crippen molar-refractivity contribution in [3.8, 4) is 0 Å². The van der Waals surface area contributed by atoms with Crippen LogP contribution in [0.3, 0.4) is 0 Å². The summed E-state index contributed by atoms with van der Waals surface area (Å²) in [4.78, 5) is 0. The number of hydrogen-bond donors (Lipinski definition) is 1. The van der Waals surface area contributed by atoms with Crippen molar-refractivity contribution in [2.45, 2.75) is 70.2 Å². The number of aliphatic hydroxyl groups excluding tert-OH is 1. The minimum Gasteiger partial charge on any atom is -0.390 e. The van der Waals surface area contributed by atoms with Crippen LogP contribution in [0.2, 0.25) is 0 Å². The Kier molecular flexibility index (Phi) is 4.19. The van der Waals surface area contributed by atoms with Gasteiger partial charge in [0.2, 0.25) is 0 Å². The molecular weight excluding hydrogens is 208 g/mol. The van der Waals surface area contributed by atoms with E-state index in [4.69, 9.17) is 14.2 Å². The van der Waals surface area contributed by atoms with E-state index in [-0.39, 0.29) is 24.6 Å². The summed E-state index contributed by atoms with van der Waals surface area (Å²) in [6, 6.07) is 0. The first-order valence-electron chi connectivity index (χ1n) is 6.27. The summed E-state index contributed by atoms with van der Waals surface area (Å²) in [5.41, 5.74) is 0. The van der Waals surface area contributed by atoms with Crippen LogP contribution in [0, 0.1) is 0 Å². The van der Waals surface area contributed by atoms with Gasteiger partial charge in [-0.2, -0.15) is 0 Å². The van der Waals surface area contributed by atoms with E-state index in [9.17, 15) is 5.11 Å². The van der Waals surface area contributed by atoms with Crippen molar-refractivity contribution >= 4 is 0 Å². The topological polar surface area (TPSA) is 47.9 Å². The minimum absolute atomic E-state index is 0.0655. The largest absolute Gasteiger partial charge is 0.390 e. The highest BCUT2D eigenvalue weighted by atomic mass is 16.7. The first kappa shape index (κ1) is 12.3. The Morgan fingerprint density at radius 1 is 1.25 bits per heavy atom. The fraction of sp³-hybridized carbons (Fsp3) is 1.00. The third-order valence-corrected chi connectivity index (χ3v) is 3.31. The molecule has 0 bridgehead atoms. The molecule has 4 heteroatoms. The van der Waals surface area contributed by atoms with Crippen LogP contribution in [-0.4, -0.2) is 42.4 Å². The maximum atomic E-state index is 9.98. The molecule has 1 unspecified atom stereocenters. The quantitative estimate of drug-likeness (QED) is 0.780. The Labute approximate surface area is 96.9 Å². The highest BCUT2D eigenvalue weighted by molar-refractivity contribution is 4.83. The Morgan fingerprint density at radius 3 is 2.69 bits per heavy atom. The molecule has 5 atom stereocenters. The molecule has 0 aromatic heterocycles. The van der Waals surface area contributed by atoms with Crippen molar-refractivity contribution in [2.24, 2.45) is 0 Å².